The summed E-state index contributed by atoms with van der Waals surface area (Å²) in [6, 6.07) is 8.37. The SMILES string of the molecule is COCCNC(=O)NC(=O)COC(=O)C(=O)c1c(C)nn(-c2ccccc2)c1C. The Morgan fingerprint density at radius 3 is 2.45 bits per heavy atom. The number of ether oxygens (including phenoxy) is 2. The first-order valence-corrected chi connectivity index (χ1v) is 8.74. The van der Waals surface area contributed by atoms with Gasteiger partial charge in [-0.1, -0.05) is 18.2 Å². The zero-order valence-electron chi connectivity index (χ0n) is 16.4. The van der Waals surface area contributed by atoms with Crippen molar-refractivity contribution in [3.63, 3.8) is 0 Å². The maximum atomic E-state index is 12.5. The molecule has 1 aromatic heterocycles. The third kappa shape index (κ3) is 5.72. The first-order chi connectivity index (χ1) is 13.8. The zero-order chi connectivity index (χ0) is 21.4. The Morgan fingerprint density at radius 1 is 1.10 bits per heavy atom. The maximum absolute atomic E-state index is 12.5. The molecule has 0 saturated heterocycles. The van der Waals surface area contributed by atoms with E-state index in [1.54, 1.807) is 18.5 Å². The van der Waals surface area contributed by atoms with Crippen LogP contribution >= 0.6 is 0 Å². The lowest BCUT2D eigenvalue weighted by Gasteiger charge is -2.07. The minimum absolute atomic E-state index is 0.108. The third-order valence-corrected chi connectivity index (χ3v) is 3.88. The molecule has 0 aliphatic heterocycles. The van der Waals surface area contributed by atoms with Crippen molar-refractivity contribution in [1.82, 2.24) is 20.4 Å². The number of amides is 3. The lowest BCUT2D eigenvalue weighted by molar-refractivity contribution is -0.143. The number of hydrogen-bond donors (Lipinski definition) is 2. The number of methoxy groups -OCH3 is 1. The van der Waals surface area contributed by atoms with Crippen LogP contribution in [-0.4, -0.2) is 60.3 Å². The van der Waals surface area contributed by atoms with Crippen LogP contribution in [0.15, 0.2) is 30.3 Å². The van der Waals surface area contributed by atoms with E-state index in [-0.39, 0.29) is 18.7 Å². The number of aryl methyl sites for hydroxylation is 1. The predicted molar refractivity (Wildman–Crippen MR) is 102 cm³/mol. The number of carbonyl (C=O) groups excluding carboxylic acids is 4. The molecule has 1 heterocycles. The molecular formula is C19H22N4O6. The van der Waals surface area contributed by atoms with Gasteiger partial charge >= 0.3 is 12.0 Å². The maximum Gasteiger partial charge on any atom is 0.380 e. The number of imide groups is 1. The molecule has 0 radical (unpaired) electrons. The fourth-order valence-electron chi connectivity index (χ4n) is 2.56. The molecular weight excluding hydrogens is 380 g/mol. The highest BCUT2D eigenvalue weighted by Crippen LogP contribution is 2.18. The van der Waals surface area contributed by atoms with Crippen LogP contribution in [0.1, 0.15) is 21.7 Å². The average Bonchev–Trinajstić information content (AvgIpc) is 3.00. The van der Waals surface area contributed by atoms with E-state index in [9.17, 15) is 19.2 Å². The number of hydrogen-bond acceptors (Lipinski definition) is 7. The molecule has 0 aliphatic rings. The molecule has 10 heteroatoms. The van der Waals surface area contributed by atoms with Gasteiger partial charge in [0.05, 0.1) is 29.2 Å². The number of aromatic nitrogens is 2. The normalized spacial score (nSPS) is 10.3. The summed E-state index contributed by atoms with van der Waals surface area (Å²) in [7, 11) is 1.47. The minimum atomic E-state index is -1.21. The van der Waals surface area contributed by atoms with Crippen LogP contribution in [0.25, 0.3) is 5.69 Å². The molecule has 0 unspecified atom stereocenters. The van der Waals surface area contributed by atoms with Crippen LogP contribution in [0.5, 0.6) is 0 Å². The second-order valence-corrected chi connectivity index (χ2v) is 6.00. The van der Waals surface area contributed by atoms with Gasteiger partial charge in [-0.25, -0.2) is 14.3 Å². The molecule has 0 spiro atoms. The fourth-order valence-corrected chi connectivity index (χ4v) is 2.56. The smallest absolute Gasteiger partial charge is 0.380 e. The summed E-state index contributed by atoms with van der Waals surface area (Å²) in [5, 5.41) is 8.64. The summed E-state index contributed by atoms with van der Waals surface area (Å²) in [5.41, 5.74) is 1.67. The Labute approximate surface area is 167 Å². The number of rotatable bonds is 8. The van der Waals surface area contributed by atoms with E-state index in [4.69, 9.17) is 9.47 Å². The third-order valence-electron chi connectivity index (χ3n) is 3.88. The second-order valence-electron chi connectivity index (χ2n) is 6.00. The molecule has 2 rings (SSSR count). The highest BCUT2D eigenvalue weighted by Gasteiger charge is 2.27. The van der Waals surface area contributed by atoms with Gasteiger partial charge in [0.1, 0.15) is 0 Å². The summed E-state index contributed by atoms with van der Waals surface area (Å²) < 4.78 is 11.0. The largest absolute Gasteiger partial charge is 0.450 e. The highest BCUT2D eigenvalue weighted by atomic mass is 16.5. The van der Waals surface area contributed by atoms with Gasteiger partial charge in [-0.3, -0.25) is 14.9 Å². The lowest BCUT2D eigenvalue weighted by Crippen LogP contribution is -2.42. The van der Waals surface area contributed by atoms with E-state index in [1.807, 2.05) is 35.6 Å². The number of para-hydroxylation sites is 1. The number of nitrogens with zero attached hydrogens (tertiary/aromatic N) is 2. The van der Waals surface area contributed by atoms with E-state index in [0.717, 1.165) is 5.69 Å². The number of carbonyl (C=O) groups is 4. The van der Waals surface area contributed by atoms with E-state index < -0.39 is 30.3 Å². The molecule has 0 saturated carbocycles. The van der Waals surface area contributed by atoms with Crippen LogP contribution < -0.4 is 10.6 Å². The number of benzene rings is 1. The van der Waals surface area contributed by atoms with Gasteiger partial charge in [-0.05, 0) is 26.0 Å². The Hall–Kier alpha value is -3.53. The summed E-state index contributed by atoms with van der Waals surface area (Å²) in [6.07, 6.45) is 0. The van der Waals surface area contributed by atoms with Crippen molar-refractivity contribution in [3.05, 3.63) is 47.3 Å². The van der Waals surface area contributed by atoms with Gasteiger partial charge in [-0.2, -0.15) is 5.10 Å². The fraction of sp³-hybridized carbons (Fsp3) is 0.316. The van der Waals surface area contributed by atoms with Crippen molar-refractivity contribution in [1.29, 1.82) is 0 Å². The predicted octanol–water partition coefficient (Wildman–Crippen LogP) is 0.687. The van der Waals surface area contributed by atoms with Crippen LogP contribution in [0, 0.1) is 13.8 Å². The quantitative estimate of drug-likeness (QED) is 0.288. The summed E-state index contributed by atoms with van der Waals surface area (Å²) in [5.74, 6) is -2.99. The topological polar surface area (TPSA) is 129 Å². The van der Waals surface area contributed by atoms with Crippen molar-refractivity contribution in [3.8, 4) is 5.69 Å². The molecule has 2 N–H and O–H groups in total. The number of nitrogens with one attached hydrogen (secondary N) is 2. The first-order valence-electron chi connectivity index (χ1n) is 8.74. The van der Waals surface area contributed by atoms with Crippen LogP contribution in [0.2, 0.25) is 0 Å². The van der Waals surface area contributed by atoms with Gasteiger partial charge < -0.3 is 14.8 Å². The molecule has 29 heavy (non-hydrogen) atoms. The lowest BCUT2D eigenvalue weighted by atomic mass is 10.1. The van der Waals surface area contributed by atoms with Crippen LogP contribution in [-0.2, 0) is 19.1 Å². The molecule has 0 fully saturated rings. The zero-order valence-corrected chi connectivity index (χ0v) is 16.4. The van der Waals surface area contributed by atoms with Gasteiger partial charge in [0.2, 0.25) is 0 Å². The molecule has 3 amide bonds. The number of ketones is 1. The Bertz CT molecular complexity index is 907. The van der Waals surface area contributed by atoms with Crippen molar-refractivity contribution < 1.29 is 28.7 Å². The molecule has 0 bridgehead atoms. The summed E-state index contributed by atoms with van der Waals surface area (Å²) >= 11 is 0. The molecule has 0 aliphatic carbocycles. The van der Waals surface area contributed by atoms with Gasteiger partial charge in [0.15, 0.2) is 6.61 Å². The van der Waals surface area contributed by atoms with E-state index >= 15 is 0 Å². The van der Waals surface area contributed by atoms with Crippen molar-refractivity contribution in [2.75, 3.05) is 26.9 Å². The van der Waals surface area contributed by atoms with E-state index in [0.29, 0.717) is 11.4 Å². The van der Waals surface area contributed by atoms with E-state index in [1.165, 1.54) is 7.11 Å². The summed E-state index contributed by atoms with van der Waals surface area (Å²) in [6.45, 7) is 2.97. The van der Waals surface area contributed by atoms with Crippen molar-refractivity contribution >= 4 is 23.7 Å². The number of Topliss-reactive ketones (excluding diaryl/α,β-unsaturated/α-hetero) is 1. The molecule has 10 nitrogen and oxygen atoms in total. The van der Waals surface area contributed by atoms with E-state index in [2.05, 4.69) is 10.4 Å². The Balaban J connectivity index is 1.97. The van der Waals surface area contributed by atoms with Crippen molar-refractivity contribution in [2.45, 2.75) is 13.8 Å². The number of urea groups is 1. The molecule has 2 aromatic rings. The summed E-state index contributed by atoms with van der Waals surface area (Å²) in [4.78, 5) is 47.7. The second kappa shape index (κ2) is 10.1. The van der Waals surface area contributed by atoms with Crippen LogP contribution in [0.3, 0.4) is 0 Å². The molecule has 1 aromatic carbocycles. The van der Waals surface area contributed by atoms with Gasteiger partial charge in [0, 0.05) is 13.7 Å². The molecule has 0 atom stereocenters. The van der Waals surface area contributed by atoms with Gasteiger partial charge in [-0.15, -0.1) is 0 Å². The Kier molecular flexibility index (Phi) is 7.61. The standard InChI is InChI=1S/C19H22N4O6/c1-12-16(13(2)23(22-12)14-7-5-4-6-8-14)17(25)18(26)29-11-15(24)21-19(27)20-9-10-28-3/h4-8H,9-11H2,1-3H3,(H2,20,21,24,27). The van der Waals surface area contributed by atoms with Crippen LogP contribution in [0.4, 0.5) is 4.79 Å². The monoisotopic (exact) mass is 402 g/mol. The highest BCUT2D eigenvalue weighted by molar-refractivity contribution is 6.41. The number of esters is 1. The first kappa shape index (κ1) is 21.8. The Morgan fingerprint density at radius 2 is 1.79 bits per heavy atom. The average molecular weight is 402 g/mol. The molecule has 154 valence electrons. The van der Waals surface area contributed by atoms with Crippen molar-refractivity contribution in [2.24, 2.45) is 0 Å². The minimum Gasteiger partial charge on any atom is -0.450 e. The van der Waals surface area contributed by atoms with Gasteiger partial charge in [0.25, 0.3) is 11.7 Å².